The zero-order chi connectivity index (χ0) is 12.4. The van der Waals surface area contributed by atoms with Gasteiger partial charge in [-0.2, -0.15) is 0 Å². The lowest BCUT2D eigenvalue weighted by molar-refractivity contribution is 0.703. The molecule has 1 aromatic carbocycles. The number of rotatable bonds is 3. The smallest absolute Gasteiger partial charge is 0.0731 e. The lowest BCUT2D eigenvalue weighted by atomic mass is 10.1. The highest BCUT2D eigenvalue weighted by molar-refractivity contribution is 9.11. The van der Waals surface area contributed by atoms with Gasteiger partial charge in [-0.3, -0.25) is 0 Å². The third kappa shape index (κ3) is 2.91. The summed E-state index contributed by atoms with van der Waals surface area (Å²) in [6.45, 7) is 2.11. The van der Waals surface area contributed by atoms with Crippen LogP contribution in [0.2, 0.25) is 5.02 Å². The van der Waals surface area contributed by atoms with Crippen LogP contribution in [-0.2, 0) is 0 Å². The van der Waals surface area contributed by atoms with E-state index in [1.54, 1.807) is 11.3 Å². The Morgan fingerprint density at radius 1 is 1.29 bits per heavy atom. The highest BCUT2D eigenvalue weighted by Gasteiger charge is 2.15. The maximum absolute atomic E-state index is 5.91. The quantitative estimate of drug-likeness (QED) is 0.854. The Bertz CT molecular complexity index is 487. The van der Waals surface area contributed by atoms with Gasteiger partial charge in [0.25, 0.3) is 0 Å². The van der Waals surface area contributed by atoms with E-state index >= 15 is 0 Å². The van der Waals surface area contributed by atoms with E-state index in [1.807, 2.05) is 19.2 Å². The second-order valence-electron chi connectivity index (χ2n) is 3.88. The minimum Gasteiger partial charge on any atom is -0.309 e. The van der Waals surface area contributed by atoms with Gasteiger partial charge in [-0.05, 0) is 59.2 Å². The van der Waals surface area contributed by atoms with Crippen LogP contribution in [0.25, 0.3) is 0 Å². The Hall–Kier alpha value is -0.350. The van der Waals surface area contributed by atoms with Gasteiger partial charge in [0.15, 0.2) is 0 Å². The van der Waals surface area contributed by atoms with Gasteiger partial charge in [0.2, 0.25) is 0 Å². The second-order valence-corrected chi connectivity index (χ2v) is 6.72. The summed E-state index contributed by atoms with van der Waals surface area (Å²) in [5.41, 5.74) is 2.50. The number of hydrogen-bond acceptors (Lipinski definition) is 2. The number of halogens is 2. The molecular formula is C13H13BrClNS. The molecule has 90 valence electrons. The maximum atomic E-state index is 5.91. The van der Waals surface area contributed by atoms with Crippen molar-refractivity contribution in [1.29, 1.82) is 0 Å². The van der Waals surface area contributed by atoms with E-state index in [-0.39, 0.29) is 6.04 Å². The van der Waals surface area contributed by atoms with Crippen molar-refractivity contribution in [3.05, 3.63) is 55.1 Å². The van der Waals surface area contributed by atoms with Gasteiger partial charge in [0, 0.05) is 9.90 Å². The molecule has 1 N–H and O–H groups in total. The summed E-state index contributed by atoms with van der Waals surface area (Å²) in [5.74, 6) is 0. The third-order valence-electron chi connectivity index (χ3n) is 2.65. The molecule has 0 saturated carbocycles. The lowest BCUT2D eigenvalue weighted by Gasteiger charge is -2.14. The number of nitrogens with one attached hydrogen (secondary N) is 1. The first-order chi connectivity index (χ1) is 8.11. The normalized spacial score (nSPS) is 12.7. The molecule has 1 heterocycles. The lowest BCUT2D eigenvalue weighted by Crippen LogP contribution is -2.16. The Labute approximate surface area is 119 Å². The van der Waals surface area contributed by atoms with Crippen molar-refractivity contribution in [3.8, 4) is 0 Å². The van der Waals surface area contributed by atoms with Crippen molar-refractivity contribution in [2.45, 2.75) is 13.0 Å². The molecule has 2 aromatic rings. The van der Waals surface area contributed by atoms with E-state index in [9.17, 15) is 0 Å². The van der Waals surface area contributed by atoms with E-state index in [0.29, 0.717) is 0 Å². The first kappa shape index (κ1) is 13.1. The Morgan fingerprint density at radius 2 is 1.94 bits per heavy atom. The maximum Gasteiger partial charge on any atom is 0.0731 e. The number of aryl methyl sites for hydroxylation is 1. The molecule has 0 aliphatic carbocycles. The van der Waals surface area contributed by atoms with E-state index in [2.05, 4.69) is 46.4 Å². The van der Waals surface area contributed by atoms with Gasteiger partial charge in [-0.1, -0.05) is 23.7 Å². The molecule has 0 radical (unpaired) electrons. The summed E-state index contributed by atoms with van der Waals surface area (Å²) < 4.78 is 1.20. The molecule has 1 aromatic heterocycles. The van der Waals surface area contributed by atoms with Gasteiger partial charge < -0.3 is 5.32 Å². The monoisotopic (exact) mass is 329 g/mol. The summed E-state index contributed by atoms with van der Waals surface area (Å²) in [6.07, 6.45) is 0. The van der Waals surface area contributed by atoms with E-state index in [1.165, 1.54) is 19.8 Å². The summed E-state index contributed by atoms with van der Waals surface area (Å²) in [6, 6.07) is 10.4. The van der Waals surface area contributed by atoms with Gasteiger partial charge in [0.1, 0.15) is 0 Å². The fraction of sp³-hybridized carbons (Fsp3) is 0.231. The molecular weight excluding hydrogens is 318 g/mol. The van der Waals surface area contributed by atoms with Gasteiger partial charge in [-0.15, -0.1) is 11.3 Å². The van der Waals surface area contributed by atoms with Crippen LogP contribution in [0.1, 0.15) is 22.0 Å². The fourth-order valence-electron chi connectivity index (χ4n) is 1.75. The molecule has 0 saturated heterocycles. The van der Waals surface area contributed by atoms with E-state index in [0.717, 1.165) is 5.02 Å². The molecule has 17 heavy (non-hydrogen) atoms. The van der Waals surface area contributed by atoms with E-state index < -0.39 is 0 Å². The van der Waals surface area contributed by atoms with Crippen LogP contribution in [0, 0.1) is 6.92 Å². The molecule has 1 atom stereocenters. The minimum atomic E-state index is 0.224. The van der Waals surface area contributed by atoms with Crippen molar-refractivity contribution in [2.75, 3.05) is 7.05 Å². The summed E-state index contributed by atoms with van der Waals surface area (Å²) in [4.78, 5) is 1.30. The van der Waals surface area contributed by atoms with Crippen molar-refractivity contribution in [2.24, 2.45) is 0 Å². The standard InChI is InChI=1S/C13H13BrClNS/c1-8-7-11(17-13(8)14)12(16-2)9-3-5-10(15)6-4-9/h3-7,12,16H,1-2H3. The predicted octanol–water partition coefficient (Wildman–Crippen LogP) is 4.78. The highest BCUT2D eigenvalue weighted by Crippen LogP contribution is 2.34. The fourth-order valence-corrected chi connectivity index (χ4v) is 3.59. The van der Waals surface area contributed by atoms with Crippen LogP contribution in [0.15, 0.2) is 34.1 Å². The average Bonchev–Trinajstić information content (AvgIpc) is 2.63. The first-order valence-electron chi connectivity index (χ1n) is 5.30. The van der Waals surface area contributed by atoms with Crippen molar-refractivity contribution in [3.63, 3.8) is 0 Å². The number of benzene rings is 1. The van der Waals surface area contributed by atoms with Crippen LogP contribution >= 0.6 is 38.9 Å². The average molecular weight is 331 g/mol. The zero-order valence-electron chi connectivity index (χ0n) is 9.63. The Morgan fingerprint density at radius 3 is 2.41 bits per heavy atom. The second kappa shape index (κ2) is 5.53. The SMILES string of the molecule is CNC(c1ccc(Cl)cc1)c1cc(C)c(Br)s1. The molecule has 0 amide bonds. The molecule has 1 unspecified atom stereocenters. The number of thiophene rings is 1. The highest BCUT2D eigenvalue weighted by atomic mass is 79.9. The van der Waals surface area contributed by atoms with Crippen LogP contribution in [0.5, 0.6) is 0 Å². The minimum absolute atomic E-state index is 0.224. The van der Waals surface area contributed by atoms with Crippen molar-refractivity contribution in [1.82, 2.24) is 5.32 Å². The Kier molecular flexibility index (Phi) is 4.26. The zero-order valence-corrected chi connectivity index (χ0v) is 12.8. The van der Waals surface area contributed by atoms with Crippen molar-refractivity contribution >= 4 is 38.9 Å². The van der Waals surface area contributed by atoms with Gasteiger partial charge in [0.05, 0.1) is 9.83 Å². The van der Waals surface area contributed by atoms with Crippen LogP contribution in [-0.4, -0.2) is 7.05 Å². The van der Waals surface area contributed by atoms with Gasteiger partial charge >= 0.3 is 0 Å². The predicted molar refractivity (Wildman–Crippen MR) is 79.1 cm³/mol. The van der Waals surface area contributed by atoms with Crippen molar-refractivity contribution < 1.29 is 0 Å². The van der Waals surface area contributed by atoms with Gasteiger partial charge in [-0.25, -0.2) is 0 Å². The molecule has 1 nitrogen and oxygen atoms in total. The summed E-state index contributed by atoms with van der Waals surface area (Å²) >= 11 is 11.2. The van der Waals surface area contributed by atoms with Crippen LogP contribution < -0.4 is 5.32 Å². The summed E-state index contributed by atoms with van der Waals surface area (Å²) in [5, 5.41) is 4.11. The Balaban J connectivity index is 2.36. The molecule has 2 rings (SSSR count). The first-order valence-corrected chi connectivity index (χ1v) is 7.29. The summed E-state index contributed by atoms with van der Waals surface area (Å²) in [7, 11) is 1.97. The third-order valence-corrected chi connectivity index (χ3v) is 5.11. The van der Waals surface area contributed by atoms with E-state index in [4.69, 9.17) is 11.6 Å². The molecule has 0 aliphatic heterocycles. The molecule has 4 heteroatoms. The molecule has 0 spiro atoms. The largest absolute Gasteiger partial charge is 0.309 e. The van der Waals surface area contributed by atoms with Crippen LogP contribution in [0.3, 0.4) is 0 Å². The molecule has 0 aliphatic rings. The number of hydrogen-bond donors (Lipinski definition) is 1. The molecule has 0 bridgehead atoms. The topological polar surface area (TPSA) is 12.0 Å². The molecule has 0 fully saturated rings. The van der Waals surface area contributed by atoms with Crippen LogP contribution in [0.4, 0.5) is 0 Å².